The molecule has 3 saturated heterocycles. The predicted octanol–water partition coefficient (Wildman–Crippen LogP) is 6.90. The summed E-state index contributed by atoms with van der Waals surface area (Å²) in [5.74, 6) is -3.75. The first-order valence-electron chi connectivity index (χ1n) is 20.3. The van der Waals surface area contributed by atoms with Gasteiger partial charge >= 0.3 is 0 Å². The van der Waals surface area contributed by atoms with Crippen LogP contribution >= 0.6 is 0 Å². The predicted molar refractivity (Wildman–Crippen MR) is 220 cm³/mol. The summed E-state index contributed by atoms with van der Waals surface area (Å²) in [6, 6.07) is 32.2. The second kappa shape index (κ2) is 15.1. The van der Waals surface area contributed by atoms with E-state index in [2.05, 4.69) is 28.5 Å². The van der Waals surface area contributed by atoms with E-state index >= 15 is 4.79 Å². The summed E-state index contributed by atoms with van der Waals surface area (Å²) in [6.07, 6.45) is 8.01. The van der Waals surface area contributed by atoms with Crippen molar-refractivity contribution in [1.29, 1.82) is 0 Å². The number of anilines is 1. The van der Waals surface area contributed by atoms with Crippen LogP contribution in [0.3, 0.4) is 0 Å². The number of benzene rings is 4. The molecule has 2 aliphatic carbocycles. The Kier molecular flexibility index (Phi) is 9.76. The van der Waals surface area contributed by atoms with Gasteiger partial charge in [0.15, 0.2) is 11.5 Å². The number of aryl methyl sites for hydroxylation is 1. The number of likely N-dealkylation sites (tertiary alicyclic amines) is 2. The van der Waals surface area contributed by atoms with Gasteiger partial charge in [-0.1, -0.05) is 108 Å². The number of ether oxygens (including phenoxy) is 1. The summed E-state index contributed by atoms with van der Waals surface area (Å²) in [4.78, 5) is 63.4. The van der Waals surface area contributed by atoms with Crippen molar-refractivity contribution in [1.82, 2.24) is 14.8 Å². The largest absolute Gasteiger partial charge is 0.504 e. The van der Waals surface area contributed by atoms with E-state index in [4.69, 9.17) is 4.74 Å². The van der Waals surface area contributed by atoms with Gasteiger partial charge in [-0.05, 0) is 79.5 Å². The first-order valence-corrected chi connectivity index (χ1v) is 20.3. The summed E-state index contributed by atoms with van der Waals surface area (Å²) in [5, 5.41) is 11.5. The number of hydrogen-bond acceptors (Lipinski definition) is 8. The molecular formula is C48H48N4O6. The second-order valence-electron chi connectivity index (χ2n) is 16.5. The molecule has 0 unspecified atom stereocenters. The Hall–Kier alpha value is -6.00. The van der Waals surface area contributed by atoms with Gasteiger partial charge in [-0.2, -0.15) is 5.01 Å². The molecule has 10 heteroatoms. The summed E-state index contributed by atoms with van der Waals surface area (Å²) in [7, 11) is 1.49. The molecule has 0 spiro atoms. The maximum Gasteiger partial charge on any atom is 0.260 e. The molecule has 296 valence electrons. The van der Waals surface area contributed by atoms with E-state index in [-0.39, 0.29) is 41.8 Å². The van der Waals surface area contributed by atoms with Crippen LogP contribution in [0.2, 0.25) is 0 Å². The first-order chi connectivity index (χ1) is 28.2. The number of nitrogens with zero attached hydrogens (tertiary/aromatic N) is 3. The molecule has 9 rings (SSSR count). The molecule has 4 fully saturated rings. The number of fused-ring (bicyclic) bond motifs is 4. The molecule has 4 aromatic rings. The Morgan fingerprint density at radius 3 is 2.26 bits per heavy atom. The van der Waals surface area contributed by atoms with Crippen molar-refractivity contribution < 1.29 is 29.0 Å². The molecule has 3 aliphatic heterocycles. The number of aromatic hydroxyl groups is 1. The third-order valence-corrected chi connectivity index (χ3v) is 13.3. The van der Waals surface area contributed by atoms with Crippen molar-refractivity contribution in [2.24, 2.45) is 29.6 Å². The van der Waals surface area contributed by atoms with Gasteiger partial charge in [0.25, 0.3) is 11.8 Å². The van der Waals surface area contributed by atoms with Crippen LogP contribution < -0.4 is 10.2 Å². The highest BCUT2D eigenvalue weighted by atomic mass is 16.5. The Bertz CT molecular complexity index is 2300. The molecule has 0 radical (unpaired) electrons. The molecular weight excluding hydrogens is 729 g/mol. The van der Waals surface area contributed by atoms with E-state index in [1.54, 1.807) is 23.1 Å². The normalized spacial score (nSPS) is 27.4. The van der Waals surface area contributed by atoms with Crippen LogP contribution in [0.4, 0.5) is 5.69 Å². The van der Waals surface area contributed by atoms with Crippen LogP contribution in [0.15, 0.2) is 121 Å². The Morgan fingerprint density at radius 1 is 0.845 bits per heavy atom. The SMILES string of the molecule is COc1cc(C=C[C@H]2C3=CC[C@@H]4C(=O)N(C5CCN(Cc6ccccc6)CC5)C(=O)[C@@H]4[C@@H]3C[C@H]3C(=O)N(Nc4ccc(C)cc4)C(=O)[C@@]23c2ccccc2)ccc1O. The zero-order chi connectivity index (χ0) is 40.1. The Morgan fingerprint density at radius 2 is 1.55 bits per heavy atom. The number of amides is 4. The highest BCUT2D eigenvalue weighted by molar-refractivity contribution is 6.13. The number of hydrazine groups is 1. The number of allylic oxidation sites excluding steroid dienone is 3. The topological polar surface area (TPSA) is 119 Å². The van der Waals surface area contributed by atoms with E-state index in [1.807, 2.05) is 91.9 Å². The summed E-state index contributed by atoms with van der Waals surface area (Å²) in [5.41, 5.74) is 7.05. The number of carbonyl (C=O) groups is 4. The van der Waals surface area contributed by atoms with E-state index in [9.17, 15) is 19.5 Å². The van der Waals surface area contributed by atoms with Crippen LogP contribution in [-0.4, -0.2) is 69.8 Å². The van der Waals surface area contributed by atoms with Gasteiger partial charge in [-0.25, -0.2) is 0 Å². The smallest absolute Gasteiger partial charge is 0.260 e. The lowest BCUT2D eigenvalue weighted by Crippen LogP contribution is -2.54. The number of imide groups is 2. The third kappa shape index (κ3) is 6.21. The monoisotopic (exact) mass is 776 g/mol. The lowest BCUT2D eigenvalue weighted by molar-refractivity contribution is -0.144. The van der Waals surface area contributed by atoms with Crippen molar-refractivity contribution in [2.45, 2.75) is 50.6 Å². The lowest BCUT2D eigenvalue weighted by Gasteiger charge is -2.49. The van der Waals surface area contributed by atoms with Crippen LogP contribution in [0.5, 0.6) is 11.5 Å². The molecule has 2 N–H and O–H groups in total. The highest BCUT2D eigenvalue weighted by Gasteiger charge is 2.69. The van der Waals surface area contributed by atoms with Gasteiger partial charge in [0, 0.05) is 31.6 Å². The minimum atomic E-state index is -1.35. The van der Waals surface area contributed by atoms with E-state index in [1.165, 1.54) is 17.7 Å². The highest BCUT2D eigenvalue weighted by Crippen LogP contribution is 2.61. The summed E-state index contributed by atoms with van der Waals surface area (Å²) in [6.45, 7) is 4.38. The van der Waals surface area contributed by atoms with Crippen LogP contribution in [0, 0.1) is 36.5 Å². The summed E-state index contributed by atoms with van der Waals surface area (Å²) < 4.78 is 5.41. The van der Waals surface area contributed by atoms with Gasteiger partial charge in [-0.3, -0.25) is 34.4 Å². The summed E-state index contributed by atoms with van der Waals surface area (Å²) >= 11 is 0. The zero-order valence-electron chi connectivity index (χ0n) is 32.8. The molecule has 3 heterocycles. The number of hydrogen-bond donors (Lipinski definition) is 2. The maximum atomic E-state index is 15.3. The van der Waals surface area contributed by atoms with Crippen molar-refractivity contribution in [3.63, 3.8) is 0 Å². The molecule has 4 amide bonds. The number of methoxy groups -OCH3 is 1. The lowest BCUT2D eigenvalue weighted by atomic mass is 9.50. The molecule has 58 heavy (non-hydrogen) atoms. The van der Waals surface area contributed by atoms with E-state index < -0.39 is 35.0 Å². The van der Waals surface area contributed by atoms with E-state index in [0.717, 1.165) is 36.3 Å². The minimum absolute atomic E-state index is 0.00413. The average molecular weight is 777 g/mol. The van der Waals surface area contributed by atoms with Crippen molar-refractivity contribution in [3.05, 3.63) is 143 Å². The average Bonchev–Trinajstić information content (AvgIpc) is 3.63. The fourth-order valence-corrected chi connectivity index (χ4v) is 10.6. The standard InChI is InChI=1S/C48H48N4O6/c1-30-13-17-34(18-14-30)49-52-45(55)40-28-38-36(39(21-15-31-16-22-41(53)42(27-31)58-2)48(40,47(52)57)33-11-7-4-8-12-33)19-20-37-43(38)46(56)51(44(37)54)35-23-25-50(26-24-35)29-32-9-5-3-6-10-32/h3-19,21-22,27,35,37-40,43,49,53H,20,23-26,28-29H2,1-2H3/t37-,38+,39-,40-,43-,48-/m0/s1. The van der Waals surface area contributed by atoms with Gasteiger partial charge in [0.1, 0.15) is 0 Å². The van der Waals surface area contributed by atoms with Crippen LogP contribution in [0.1, 0.15) is 47.9 Å². The maximum absolute atomic E-state index is 15.3. The Labute approximate surface area is 338 Å². The van der Waals surface area contributed by atoms with Crippen LogP contribution in [0.25, 0.3) is 6.08 Å². The van der Waals surface area contributed by atoms with Crippen molar-refractivity contribution in [2.75, 3.05) is 25.6 Å². The third-order valence-electron chi connectivity index (χ3n) is 13.3. The quantitative estimate of drug-likeness (QED) is 0.139. The fourth-order valence-electron chi connectivity index (χ4n) is 10.6. The van der Waals surface area contributed by atoms with Crippen molar-refractivity contribution in [3.8, 4) is 11.5 Å². The van der Waals surface area contributed by atoms with Crippen LogP contribution in [-0.2, 0) is 31.1 Å². The van der Waals surface area contributed by atoms with Gasteiger partial charge in [-0.15, -0.1) is 0 Å². The van der Waals surface area contributed by atoms with Gasteiger partial charge in [0.05, 0.1) is 36.0 Å². The van der Waals surface area contributed by atoms with Gasteiger partial charge in [0.2, 0.25) is 11.8 Å². The van der Waals surface area contributed by atoms with E-state index in [0.29, 0.717) is 36.3 Å². The zero-order valence-corrected chi connectivity index (χ0v) is 32.8. The first kappa shape index (κ1) is 37.6. The minimum Gasteiger partial charge on any atom is -0.504 e. The number of carbonyl (C=O) groups excluding carboxylic acids is 4. The van der Waals surface area contributed by atoms with Crippen molar-refractivity contribution >= 4 is 35.4 Å². The molecule has 0 aromatic heterocycles. The molecule has 1 saturated carbocycles. The number of phenolic OH excluding ortho intramolecular Hbond substituents is 1. The second-order valence-corrected chi connectivity index (χ2v) is 16.5. The molecule has 0 bridgehead atoms. The number of phenols is 1. The number of rotatable bonds is 9. The van der Waals surface area contributed by atoms with Gasteiger partial charge < -0.3 is 9.84 Å². The molecule has 4 aromatic carbocycles. The Balaban J connectivity index is 1.09. The number of nitrogens with one attached hydrogen (secondary N) is 1. The number of piperidine rings is 1. The molecule has 6 atom stereocenters. The molecule has 5 aliphatic rings. The fraction of sp³-hybridized carbons (Fsp3) is 0.333. The molecule has 10 nitrogen and oxygen atoms in total.